The van der Waals surface area contributed by atoms with Gasteiger partial charge in [0.15, 0.2) is 0 Å². The molecule has 0 radical (unpaired) electrons. The Bertz CT molecular complexity index is 245. The zero-order valence-corrected chi connectivity index (χ0v) is 11.0. The van der Waals surface area contributed by atoms with Crippen LogP contribution in [0.5, 0.6) is 0 Å². The third-order valence-corrected chi connectivity index (χ3v) is 3.77. The Kier molecular flexibility index (Phi) is 4.54. The lowest BCUT2D eigenvalue weighted by atomic mass is 10.2. The standard InChI is InChI=1S/C13H23F3N2/c1-10(6-17-9-13(14,15)16)18(7-11-2-3-11)8-12-4-5-12/h10-12,17H,2-9H2,1H3. The molecule has 5 heteroatoms. The smallest absolute Gasteiger partial charge is 0.307 e. The summed E-state index contributed by atoms with van der Waals surface area (Å²) < 4.78 is 36.2. The first-order valence-electron chi connectivity index (χ1n) is 6.95. The fraction of sp³-hybridized carbons (Fsp3) is 1.00. The average molecular weight is 264 g/mol. The van der Waals surface area contributed by atoms with Crippen LogP contribution in [0.3, 0.4) is 0 Å². The van der Waals surface area contributed by atoms with Crippen LogP contribution in [0.2, 0.25) is 0 Å². The number of halogens is 3. The molecule has 1 unspecified atom stereocenters. The van der Waals surface area contributed by atoms with E-state index in [4.69, 9.17) is 0 Å². The van der Waals surface area contributed by atoms with Crippen molar-refractivity contribution in [3.63, 3.8) is 0 Å². The third kappa shape index (κ3) is 5.57. The van der Waals surface area contributed by atoms with Crippen LogP contribution >= 0.6 is 0 Å². The fourth-order valence-electron chi connectivity index (χ4n) is 2.25. The highest BCUT2D eigenvalue weighted by molar-refractivity contribution is 4.85. The molecule has 0 bridgehead atoms. The van der Waals surface area contributed by atoms with E-state index in [-0.39, 0.29) is 6.04 Å². The number of hydrogen-bond acceptors (Lipinski definition) is 2. The summed E-state index contributed by atoms with van der Waals surface area (Å²) in [7, 11) is 0. The van der Waals surface area contributed by atoms with Crippen LogP contribution in [0.4, 0.5) is 13.2 Å². The van der Waals surface area contributed by atoms with Crippen molar-refractivity contribution in [2.24, 2.45) is 11.8 Å². The van der Waals surface area contributed by atoms with Crippen LogP contribution in [0, 0.1) is 11.8 Å². The summed E-state index contributed by atoms with van der Waals surface area (Å²) in [4.78, 5) is 2.39. The Morgan fingerprint density at radius 1 is 1.11 bits per heavy atom. The van der Waals surface area contributed by atoms with E-state index in [0.717, 1.165) is 24.9 Å². The molecule has 106 valence electrons. The minimum Gasteiger partial charge on any atom is -0.307 e. The minimum absolute atomic E-state index is 0.202. The first-order valence-corrected chi connectivity index (χ1v) is 6.95. The maximum atomic E-state index is 12.1. The fourth-order valence-corrected chi connectivity index (χ4v) is 2.25. The van der Waals surface area contributed by atoms with Gasteiger partial charge >= 0.3 is 6.18 Å². The minimum atomic E-state index is -4.10. The van der Waals surface area contributed by atoms with Gasteiger partial charge in [-0.2, -0.15) is 13.2 Å². The Labute approximate surface area is 107 Å². The van der Waals surface area contributed by atoms with Crippen LogP contribution in [-0.2, 0) is 0 Å². The van der Waals surface area contributed by atoms with Gasteiger partial charge in [0.1, 0.15) is 0 Å². The highest BCUT2D eigenvalue weighted by Gasteiger charge is 2.32. The monoisotopic (exact) mass is 264 g/mol. The van der Waals surface area contributed by atoms with Crippen molar-refractivity contribution in [2.45, 2.75) is 44.8 Å². The molecule has 2 nitrogen and oxygen atoms in total. The van der Waals surface area contributed by atoms with Crippen molar-refractivity contribution < 1.29 is 13.2 Å². The molecule has 1 N–H and O–H groups in total. The molecular formula is C13H23F3N2. The molecule has 18 heavy (non-hydrogen) atoms. The van der Waals surface area contributed by atoms with E-state index in [1.807, 2.05) is 6.92 Å². The van der Waals surface area contributed by atoms with Gasteiger partial charge < -0.3 is 5.32 Å². The quantitative estimate of drug-likeness (QED) is 0.725. The van der Waals surface area contributed by atoms with Gasteiger partial charge in [-0.1, -0.05) is 0 Å². The second-order valence-corrected chi connectivity index (χ2v) is 5.94. The predicted molar refractivity (Wildman–Crippen MR) is 65.4 cm³/mol. The Morgan fingerprint density at radius 2 is 1.61 bits per heavy atom. The number of alkyl halides is 3. The summed E-state index contributed by atoms with van der Waals surface area (Å²) in [6.07, 6.45) is 1.08. The molecular weight excluding hydrogens is 241 g/mol. The molecule has 1 atom stereocenters. The van der Waals surface area contributed by atoms with Gasteiger partial charge in [0.25, 0.3) is 0 Å². The molecule has 2 fully saturated rings. The number of hydrogen-bond donors (Lipinski definition) is 1. The van der Waals surface area contributed by atoms with E-state index >= 15 is 0 Å². The number of nitrogens with one attached hydrogen (secondary N) is 1. The predicted octanol–water partition coefficient (Wildman–Crippen LogP) is 2.65. The Hall–Kier alpha value is -0.290. The van der Waals surface area contributed by atoms with Crippen molar-refractivity contribution in [1.82, 2.24) is 10.2 Å². The summed E-state index contributed by atoms with van der Waals surface area (Å²) in [5.74, 6) is 1.60. The molecule has 0 aliphatic heterocycles. The molecule has 0 heterocycles. The van der Waals surface area contributed by atoms with Gasteiger partial charge in [0.2, 0.25) is 0 Å². The van der Waals surface area contributed by atoms with Crippen LogP contribution in [0.1, 0.15) is 32.6 Å². The van der Waals surface area contributed by atoms with Crippen LogP contribution < -0.4 is 5.32 Å². The Balaban J connectivity index is 1.69. The topological polar surface area (TPSA) is 15.3 Å². The highest BCUT2D eigenvalue weighted by Crippen LogP contribution is 2.34. The van der Waals surface area contributed by atoms with Crippen molar-refractivity contribution in [3.8, 4) is 0 Å². The van der Waals surface area contributed by atoms with Gasteiger partial charge in [-0.15, -0.1) is 0 Å². The lowest BCUT2D eigenvalue weighted by Crippen LogP contribution is -2.44. The van der Waals surface area contributed by atoms with E-state index < -0.39 is 12.7 Å². The molecule has 0 aromatic rings. The molecule has 2 rings (SSSR count). The summed E-state index contributed by atoms with van der Waals surface area (Å²) in [6.45, 7) is 3.74. The van der Waals surface area contributed by atoms with Gasteiger partial charge in [-0.3, -0.25) is 4.90 Å². The van der Waals surface area contributed by atoms with Gasteiger partial charge in [-0.05, 0) is 44.4 Å². The van der Waals surface area contributed by atoms with Crippen LogP contribution in [0.25, 0.3) is 0 Å². The average Bonchev–Trinajstić information content (AvgIpc) is 3.08. The van der Waals surface area contributed by atoms with E-state index in [2.05, 4.69) is 10.2 Å². The second-order valence-electron chi connectivity index (χ2n) is 5.94. The first-order chi connectivity index (χ1) is 8.44. The largest absolute Gasteiger partial charge is 0.401 e. The molecule has 2 aliphatic carbocycles. The van der Waals surface area contributed by atoms with Crippen molar-refractivity contribution in [1.29, 1.82) is 0 Å². The molecule has 0 aromatic heterocycles. The van der Waals surface area contributed by atoms with Gasteiger partial charge in [0, 0.05) is 25.7 Å². The van der Waals surface area contributed by atoms with Gasteiger partial charge in [0.05, 0.1) is 6.54 Å². The molecule has 0 spiro atoms. The van der Waals surface area contributed by atoms with Gasteiger partial charge in [-0.25, -0.2) is 0 Å². The highest BCUT2D eigenvalue weighted by atomic mass is 19.4. The molecule has 2 saturated carbocycles. The summed E-state index contributed by atoms with van der Waals surface area (Å²) >= 11 is 0. The maximum Gasteiger partial charge on any atom is 0.401 e. The van der Waals surface area contributed by atoms with E-state index in [1.165, 1.54) is 25.7 Å². The normalized spacial score (nSPS) is 22.5. The SMILES string of the molecule is CC(CNCC(F)(F)F)N(CC1CC1)CC1CC1. The summed E-state index contributed by atoms with van der Waals surface area (Å²) in [5, 5.41) is 2.53. The maximum absolute atomic E-state index is 12.1. The zero-order chi connectivity index (χ0) is 13.2. The second kappa shape index (κ2) is 5.78. The van der Waals surface area contributed by atoms with Crippen LogP contribution in [0.15, 0.2) is 0 Å². The molecule has 0 amide bonds. The summed E-state index contributed by atoms with van der Waals surface area (Å²) in [5.41, 5.74) is 0. The van der Waals surface area contributed by atoms with Crippen LogP contribution in [-0.4, -0.2) is 43.3 Å². The lowest BCUT2D eigenvalue weighted by molar-refractivity contribution is -0.125. The summed E-state index contributed by atoms with van der Waals surface area (Å²) in [6, 6.07) is 0.202. The van der Waals surface area contributed by atoms with E-state index in [0.29, 0.717) is 6.54 Å². The first kappa shape index (κ1) is 14.1. The molecule has 0 saturated heterocycles. The lowest BCUT2D eigenvalue weighted by Gasteiger charge is -2.29. The third-order valence-electron chi connectivity index (χ3n) is 3.77. The number of nitrogens with zero attached hydrogens (tertiary/aromatic N) is 1. The number of rotatable bonds is 8. The Morgan fingerprint density at radius 3 is 2.00 bits per heavy atom. The van der Waals surface area contributed by atoms with Crippen molar-refractivity contribution in [3.05, 3.63) is 0 Å². The van der Waals surface area contributed by atoms with E-state index in [1.54, 1.807) is 0 Å². The zero-order valence-electron chi connectivity index (χ0n) is 11.0. The molecule has 0 aromatic carbocycles. The molecule has 2 aliphatic rings. The van der Waals surface area contributed by atoms with Crippen molar-refractivity contribution >= 4 is 0 Å². The van der Waals surface area contributed by atoms with Crippen molar-refractivity contribution in [2.75, 3.05) is 26.2 Å². The van der Waals surface area contributed by atoms with E-state index in [9.17, 15) is 13.2 Å².